The summed E-state index contributed by atoms with van der Waals surface area (Å²) in [6, 6.07) is 0.163. The standard InChI is InChI=1S/C11H18N2O3/c14-10-3-1-9(2-4-10)12-11(15)13-5-7-16-8-6-13/h9H,1-8H2,(H,12,15). The van der Waals surface area contributed by atoms with Crippen LogP contribution in [0.4, 0.5) is 4.79 Å². The van der Waals surface area contributed by atoms with Crippen molar-refractivity contribution in [1.82, 2.24) is 10.2 Å². The molecule has 5 nitrogen and oxygen atoms in total. The predicted molar refractivity (Wildman–Crippen MR) is 58.2 cm³/mol. The van der Waals surface area contributed by atoms with E-state index in [-0.39, 0.29) is 12.1 Å². The number of urea groups is 1. The number of carbonyl (C=O) groups is 2. The van der Waals surface area contributed by atoms with Crippen molar-refractivity contribution in [3.63, 3.8) is 0 Å². The molecule has 16 heavy (non-hydrogen) atoms. The van der Waals surface area contributed by atoms with Crippen LogP contribution in [0.2, 0.25) is 0 Å². The summed E-state index contributed by atoms with van der Waals surface area (Å²) in [6.45, 7) is 2.57. The van der Waals surface area contributed by atoms with Crippen LogP contribution in [0.25, 0.3) is 0 Å². The number of nitrogens with zero attached hydrogens (tertiary/aromatic N) is 1. The van der Waals surface area contributed by atoms with Gasteiger partial charge in [-0.15, -0.1) is 0 Å². The molecule has 5 heteroatoms. The highest BCUT2D eigenvalue weighted by atomic mass is 16.5. The maximum Gasteiger partial charge on any atom is 0.317 e. The fourth-order valence-electron chi connectivity index (χ4n) is 2.12. The molecule has 90 valence electrons. The summed E-state index contributed by atoms with van der Waals surface area (Å²) >= 11 is 0. The van der Waals surface area contributed by atoms with Crippen molar-refractivity contribution in [2.75, 3.05) is 26.3 Å². The van der Waals surface area contributed by atoms with Crippen LogP contribution in [0, 0.1) is 0 Å². The fourth-order valence-corrected chi connectivity index (χ4v) is 2.12. The molecule has 0 aromatic heterocycles. The molecule has 1 heterocycles. The molecular formula is C11H18N2O3. The maximum absolute atomic E-state index is 11.8. The highest BCUT2D eigenvalue weighted by Gasteiger charge is 2.23. The normalized spacial score (nSPS) is 23.2. The van der Waals surface area contributed by atoms with Gasteiger partial charge in [-0.2, -0.15) is 0 Å². The minimum absolute atomic E-state index is 0.0114. The van der Waals surface area contributed by atoms with E-state index in [1.165, 1.54) is 0 Å². The molecule has 1 saturated heterocycles. The van der Waals surface area contributed by atoms with E-state index in [4.69, 9.17) is 4.74 Å². The summed E-state index contributed by atoms with van der Waals surface area (Å²) in [7, 11) is 0. The van der Waals surface area contributed by atoms with Gasteiger partial charge in [0.1, 0.15) is 5.78 Å². The third-order valence-electron chi connectivity index (χ3n) is 3.17. The second-order valence-electron chi connectivity index (χ2n) is 4.36. The zero-order chi connectivity index (χ0) is 11.4. The van der Waals surface area contributed by atoms with Gasteiger partial charge >= 0.3 is 6.03 Å². The lowest BCUT2D eigenvalue weighted by Crippen LogP contribution is -2.49. The van der Waals surface area contributed by atoms with E-state index in [1.807, 2.05) is 0 Å². The third kappa shape index (κ3) is 2.95. The number of Topliss-reactive ketones (excluding diaryl/α,β-unsaturated/α-hetero) is 1. The number of hydrogen-bond donors (Lipinski definition) is 1. The smallest absolute Gasteiger partial charge is 0.317 e. The van der Waals surface area contributed by atoms with Crippen LogP contribution < -0.4 is 5.32 Å². The number of hydrogen-bond acceptors (Lipinski definition) is 3. The van der Waals surface area contributed by atoms with Gasteiger partial charge in [0.15, 0.2) is 0 Å². The first-order valence-electron chi connectivity index (χ1n) is 5.90. The molecule has 2 amide bonds. The second kappa shape index (κ2) is 5.30. The molecule has 2 aliphatic rings. The van der Waals surface area contributed by atoms with Crippen molar-refractivity contribution in [2.24, 2.45) is 0 Å². The van der Waals surface area contributed by atoms with Crippen molar-refractivity contribution in [1.29, 1.82) is 0 Å². The maximum atomic E-state index is 11.8. The van der Waals surface area contributed by atoms with Gasteiger partial charge in [-0.3, -0.25) is 4.79 Å². The number of nitrogens with one attached hydrogen (secondary N) is 1. The lowest BCUT2D eigenvalue weighted by atomic mass is 9.94. The molecule has 0 atom stereocenters. The average Bonchev–Trinajstić information content (AvgIpc) is 2.33. The summed E-state index contributed by atoms with van der Waals surface area (Å²) in [6.07, 6.45) is 2.78. The molecule has 0 unspecified atom stereocenters. The molecule has 1 N–H and O–H groups in total. The summed E-state index contributed by atoms with van der Waals surface area (Å²) in [4.78, 5) is 24.7. The van der Waals surface area contributed by atoms with Crippen molar-refractivity contribution in [2.45, 2.75) is 31.7 Å². The SMILES string of the molecule is O=C1CCC(NC(=O)N2CCOCC2)CC1. The van der Waals surface area contributed by atoms with Crippen LogP contribution in [0.15, 0.2) is 0 Å². The number of ketones is 1. The Bertz CT molecular complexity index is 264. The summed E-state index contributed by atoms with van der Waals surface area (Å²) in [5.74, 6) is 0.317. The average molecular weight is 226 g/mol. The lowest BCUT2D eigenvalue weighted by molar-refractivity contribution is -0.120. The Kier molecular flexibility index (Phi) is 3.77. The summed E-state index contributed by atoms with van der Waals surface area (Å²) in [5, 5.41) is 2.99. The van der Waals surface area contributed by atoms with Crippen molar-refractivity contribution in [3.8, 4) is 0 Å². The van der Waals surface area contributed by atoms with Gasteiger partial charge in [0, 0.05) is 32.0 Å². The van der Waals surface area contributed by atoms with E-state index < -0.39 is 0 Å². The Hall–Kier alpha value is -1.10. The van der Waals surface area contributed by atoms with Gasteiger partial charge in [-0.25, -0.2) is 4.79 Å². The number of amides is 2. The molecule has 1 aliphatic heterocycles. The number of morpholine rings is 1. The van der Waals surface area contributed by atoms with Gasteiger partial charge in [-0.05, 0) is 12.8 Å². The topological polar surface area (TPSA) is 58.6 Å². The third-order valence-corrected chi connectivity index (χ3v) is 3.17. The Balaban J connectivity index is 1.75. The van der Waals surface area contributed by atoms with Crippen LogP contribution in [0.3, 0.4) is 0 Å². The van der Waals surface area contributed by atoms with Crippen molar-refractivity contribution >= 4 is 11.8 Å². The largest absolute Gasteiger partial charge is 0.378 e. The van der Waals surface area contributed by atoms with E-state index in [0.29, 0.717) is 44.9 Å². The Morgan fingerprint density at radius 1 is 1.25 bits per heavy atom. The number of ether oxygens (including phenoxy) is 1. The summed E-state index contributed by atoms with van der Waals surface area (Å²) in [5.41, 5.74) is 0. The van der Waals surface area contributed by atoms with Crippen molar-refractivity contribution in [3.05, 3.63) is 0 Å². The number of carbonyl (C=O) groups excluding carboxylic acids is 2. The minimum atomic E-state index is -0.0114. The molecule has 1 aliphatic carbocycles. The second-order valence-corrected chi connectivity index (χ2v) is 4.36. The monoisotopic (exact) mass is 226 g/mol. The molecule has 0 aromatic rings. The predicted octanol–water partition coefficient (Wildman–Crippen LogP) is 0.540. The molecule has 2 fully saturated rings. The van der Waals surface area contributed by atoms with Crippen LogP contribution in [0.5, 0.6) is 0 Å². The van der Waals surface area contributed by atoms with Crippen LogP contribution in [0.1, 0.15) is 25.7 Å². The van der Waals surface area contributed by atoms with Crippen LogP contribution >= 0.6 is 0 Å². The molecule has 0 radical (unpaired) electrons. The lowest BCUT2D eigenvalue weighted by Gasteiger charge is -2.30. The molecule has 2 rings (SSSR count). The Morgan fingerprint density at radius 2 is 1.88 bits per heavy atom. The quantitative estimate of drug-likeness (QED) is 0.710. The minimum Gasteiger partial charge on any atom is -0.378 e. The van der Waals surface area contributed by atoms with E-state index in [9.17, 15) is 9.59 Å². The highest BCUT2D eigenvalue weighted by molar-refractivity contribution is 5.80. The molecule has 0 bridgehead atoms. The summed E-state index contributed by atoms with van der Waals surface area (Å²) < 4.78 is 5.19. The zero-order valence-corrected chi connectivity index (χ0v) is 9.41. The first kappa shape index (κ1) is 11.4. The molecule has 0 spiro atoms. The zero-order valence-electron chi connectivity index (χ0n) is 9.41. The van der Waals surface area contributed by atoms with Gasteiger partial charge in [0.05, 0.1) is 13.2 Å². The van der Waals surface area contributed by atoms with Crippen LogP contribution in [-0.4, -0.2) is 49.1 Å². The molecular weight excluding hydrogens is 208 g/mol. The van der Waals surface area contributed by atoms with Gasteiger partial charge in [-0.1, -0.05) is 0 Å². The number of rotatable bonds is 1. The van der Waals surface area contributed by atoms with E-state index in [2.05, 4.69) is 5.32 Å². The van der Waals surface area contributed by atoms with E-state index in [0.717, 1.165) is 12.8 Å². The molecule has 1 saturated carbocycles. The Labute approximate surface area is 95.1 Å². The van der Waals surface area contributed by atoms with Gasteiger partial charge in [0.25, 0.3) is 0 Å². The van der Waals surface area contributed by atoms with Gasteiger partial charge in [0.2, 0.25) is 0 Å². The Morgan fingerprint density at radius 3 is 2.50 bits per heavy atom. The first-order chi connectivity index (χ1) is 7.75. The van der Waals surface area contributed by atoms with Gasteiger partial charge < -0.3 is 15.0 Å². The first-order valence-corrected chi connectivity index (χ1v) is 5.90. The molecule has 0 aromatic carbocycles. The fraction of sp³-hybridized carbons (Fsp3) is 0.818. The van der Waals surface area contributed by atoms with Crippen molar-refractivity contribution < 1.29 is 14.3 Å². The van der Waals surface area contributed by atoms with E-state index in [1.54, 1.807) is 4.90 Å². The van der Waals surface area contributed by atoms with Crippen LogP contribution in [-0.2, 0) is 9.53 Å². The van der Waals surface area contributed by atoms with E-state index >= 15 is 0 Å². The highest BCUT2D eigenvalue weighted by Crippen LogP contribution is 2.15.